The number of hydrogen-bond donors (Lipinski definition) is 2. The Morgan fingerprint density at radius 1 is 1.21 bits per heavy atom. The molecule has 1 fully saturated rings. The van der Waals surface area contributed by atoms with Crippen molar-refractivity contribution in [1.29, 1.82) is 0 Å². The van der Waals surface area contributed by atoms with E-state index in [1.54, 1.807) is 35.6 Å². The van der Waals surface area contributed by atoms with Crippen molar-refractivity contribution in [2.75, 3.05) is 13.1 Å². The van der Waals surface area contributed by atoms with Crippen LogP contribution < -0.4 is 0 Å². The molecule has 1 aromatic heterocycles. The minimum Gasteiger partial charge on any atom is -0.508 e. The van der Waals surface area contributed by atoms with Crippen molar-refractivity contribution in [3.8, 4) is 5.75 Å². The second-order valence-electron chi connectivity index (χ2n) is 6.19. The topological polar surface area (TPSA) is 86.5 Å². The molecule has 2 atom stereocenters. The number of aromatic hydroxyl groups is 1. The molecule has 0 spiro atoms. The molecule has 3 rings (SSSR count). The zero-order valence-electron chi connectivity index (χ0n) is 13.4. The molecule has 0 bridgehead atoms. The van der Waals surface area contributed by atoms with E-state index in [1.165, 1.54) is 0 Å². The number of rotatable bonds is 5. The van der Waals surface area contributed by atoms with Gasteiger partial charge in [0.2, 0.25) is 5.91 Å². The van der Waals surface area contributed by atoms with Gasteiger partial charge in [0.1, 0.15) is 5.75 Å². The summed E-state index contributed by atoms with van der Waals surface area (Å²) >= 11 is 0. The highest BCUT2D eigenvalue weighted by atomic mass is 16.3. The van der Waals surface area contributed by atoms with E-state index in [0.29, 0.717) is 32.4 Å². The Hall–Kier alpha value is -2.47. The van der Waals surface area contributed by atoms with Crippen molar-refractivity contribution in [3.05, 3.63) is 54.1 Å². The summed E-state index contributed by atoms with van der Waals surface area (Å²) in [6, 6.07) is 6.88. The standard InChI is InChI=1S/C18H21N3O3/c22-16-4-1-13(2-5-16)3-6-18(24)21-11-14(17(23)12-21)9-15-10-19-7-8-20-15/h1-2,4-5,7-8,10,14,17,22-23H,3,6,9,11-12H2/t14-,17-/m1/s1. The molecule has 0 saturated carbocycles. The van der Waals surface area contributed by atoms with Gasteiger partial charge in [-0.1, -0.05) is 12.1 Å². The first-order valence-corrected chi connectivity index (χ1v) is 8.10. The summed E-state index contributed by atoms with van der Waals surface area (Å²) in [4.78, 5) is 22.4. The van der Waals surface area contributed by atoms with Gasteiger partial charge in [0, 0.05) is 44.0 Å². The molecule has 2 heterocycles. The summed E-state index contributed by atoms with van der Waals surface area (Å²) in [5.74, 6) is 0.266. The Bertz CT molecular complexity index is 676. The lowest BCUT2D eigenvalue weighted by Crippen LogP contribution is -2.29. The number of aliphatic hydroxyl groups excluding tert-OH is 1. The quantitative estimate of drug-likeness (QED) is 0.861. The van der Waals surface area contributed by atoms with Crippen LogP contribution in [0.25, 0.3) is 0 Å². The molecule has 1 amide bonds. The number of aliphatic hydroxyl groups is 1. The van der Waals surface area contributed by atoms with Crippen LogP contribution in [-0.2, 0) is 17.6 Å². The minimum absolute atomic E-state index is 0.000627. The zero-order chi connectivity index (χ0) is 16.9. The molecule has 1 aromatic carbocycles. The number of amides is 1. The first-order chi connectivity index (χ1) is 11.6. The highest BCUT2D eigenvalue weighted by Crippen LogP contribution is 2.22. The first kappa shape index (κ1) is 16.4. The summed E-state index contributed by atoms with van der Waals surface area (Å²) in [5.41, 5.74) is 1.84. The zero-order valence-corrected chi connectivity index (χ0v) is 13.4. The average Bonchev–Trinajstić information content (AvgIpc) is 2.96. The third kappa shape index (κ3) is 4.08. The first-order valence-electron chi connectivity index (χ1n) is 8.10. The third-order valence-electron chi connectivity index (χ3n) is 4.41. The summed E-state index contributed by atoms with van der Waals surface area (Å²) < 4.78 is 0. The molecule has 24 heavy (non-hydrogen) atoms. The number of carbonyl (C=O) groups excluding carboxylic acids is 1. The Labute approximate surface area is 140 Å². The smallest absolute Gasteiger partial charge is 0.223 e. The van der Waals surface area contributed by atoms with Crippen LogP contribution in [-0.4, -0.2) is 50.2 Å². The van der Waals surface area contributed by atoms with Gasteiger partial charge in [0.25, 0.3) is 0 Å². The fourth-order valence-electron chi connectivity index (χ4n) is 3.03. The van der Waals surface area contributed by atoms with E-state index in [1.807, 2.05) is 12.1 Å². The van der Waals surface area contributed by atoms with Gasteiger partial charge in [-0.25, -0.2) is 0 Å². The van der Waals surface area contributed by atoms with Crippen LogP contribution in [0.1, 0.15) is 17.7 Å². The molecule has 126 valence electrons. The van der Waals surface area contributed by atoms with Gasteiger partial charge < -0.3 is 15.1 Å². The van der Waals surface area contributed by atoms with E-state index in [-0.39, 0.29) is 17.6 Å². The van der Waals surface area contributed by atoms with Crippen LogP contribution in [0.3, 0.4) is 0 Å². The number of phenols is 1. The van der Waals surface area contributed by atoms with Crippen molar-refractivity contribution in [3.63, 3.8) is 0 Å². The lowest BCUT2D eigenvalue weighted by Gasteiger charge is -2.16. The van der Waals surface area contributed by atoms with E-state index in [9.17, 15) is 15.0 Å². The summed E-state index contributed by atoms with van der Waals surface area (Å²) in [7, 11) is 0. The normalized spacial score (nSPS) is 20.3. The lowest BCUT2D eigenvalue weighted by atomic mass is 10.0. The van der Waals surface area contributed by atoms with E-state index < -0.39 is 6.10 Å². The number of β-amino-alcohol motifs (C(OH)–C–C–N with tert-alkyl or cyclic N) is 1. The van der Waals surface area contributed by atoms with Crippen molar-refractivity contribution in [1.82, 2.24) is 14.9 Å². The summed E-state index contributed by atoms with van der Waals surface area (Å²) in [5, 5.41) is 19.5. The number of aryl methyl sites for hydroxylation is 1. The molecule has 0 aliphatic carbocycles. The van der Waals surface area contributed by atoms with Crippen LogP contribution in [0, 0.1) is 5.92 Å². The molecule has 2 aromatic rings. The molecule has 6 heteroatoms. The predicted octanol–water partition coefficient (Wildman–Crippen LogP) is 1.18. The van der Waals surface area contributed by atoms with Crippen molar-refractivity contribution in [2.24, 2.45) is 5.92 Å². The van der Waals surface area contributed by atoms with Crippen molar-refractivity contribution < 1.29 is 15.0 Å². The van der Waals surface area contributed by atoms with Crippen molar-refractivity contribution in [2.45, 2.75) is 25.4 Å². The van der Waals surface area contributed by atoms with E-state index >= 15 is 0 Å². The monoisotopic (exact) mass is 327 g/mol. The van der Waals surface area contributed by atoms with E-state index in [0.717, 1.165) is 11.3 Å². The molecule has 6 nitrogen and oxygen atoms in total. The van der Waals surface area contributed by atoms with Gasteiger partial charge in [0.05, 0.1) is 11.8 Å². The third-order valence-corrected chi connectivity index (χ3v) is 4.41. The van der Waals surface area contributed by atoms with Gasteiger partial charge in [-0.3, -0.25) is 14.8 Å². The van der Waals surface area contributed by atoms with Gasteiger partial charge >= 0.3 is 0 Å². The predicted molar refractivity (Wildman–Crippen MR) is 88.2 cm³/mol. The molecule has 1 aliphatic rings. The maximum absolute atomic E-state index is 12.4. The largest absolute Gasteiger partial charge is 0.508 e. The van der Waals surface area contributed by atoms with Crippen LogP contribution >= 0.6 is 0 Å². The highest BCUT2D eigenvalue weighted by molar-refractivity contribution is 5.76. The van der Waals surface area contributed by atoms with Crippen LogP contribution in [0.5, 0.6) is 5.75 Å². The fraction of sp³-hybridized carbons (Fsp3) is 0.389. The summed E-state index contributed by atoms with van der Waals surface area (Å²) in [6.07, 6.45) is 6.07. The fourth-order valence-corrected chi connectivity index (χ4v) is 3.03. The molecule has 1 saturated heterocycles. The van der Waals surface area contributed by atoms with Crippen LogP contribution in [0.15, 0.2) is 42.9 Å². The summed E-state index contributed by atoms with van der Waals surface area (Å²) in [6.45, 7) is 0.922. The molecule has 0 radical (unpaired) electrons. The molecular formula is C18H21N3O3. The average molecular weight is 327 g/mol. The highest BCUT2D eigenvalue weighted by Gasteiger charge is 2.33. The molecule has 0 unspecified atom stereocenters. The van der Waals surface area contributed by atoms with E-state index in [2.05, 4.69) is 9.97 Å². The number of likely N-dealkylation sites (tertiary alicyclic amines) is 1. The SMILES string of the molecule is O=C(CCc1ccc(O)cc1)N1C[C@@H](Cc2cnccn2)[C@H](O)C1. The number of phenolic OH excluding ortho intramolecular Hbond substituents is 1. The van der Waals surface area contributed by atoms with Gasteiger partial charge in [-0.15, -0.1) is 0 Å². The van der Waals surface area contributed by atoms with Crippen LogP contribution in [0.4, 0.5) is 0 Å². The second kappa shape index (κ2) is 7.40. The Morgan fingerprint density at radius 3 is 2.71 bits per heavy atom. The molecular weight excluding hydrogens is 306 g/mol. The number of nitrogens with zero attached hydrogens (tertiary/aromatic N) is 3. The molecule has 2 N–H and O–H groups in total. The number of carbonyl (C=O) groups is 1. The van der Waals surface area contributed by atoms with E-state index in [4.69, 9.17) is 0 Å². The maximum Gasteiger partial charge on any atom is 0.223 e. The molecule has 1 aliphatic heterocycles. The van der Waals surface area contributed by atoms with Gasteiger partial charge in [-0.05, 0) is 30.5 Å². The van der Waals surface area contributed by atoms with Gasteiger partial charge in [-0.2, -0.15) is 0 Å². The second-order valence-corrected chi connectivity index (χ2v) is 6.19. The van der Waals surface area contributed by atoms with Gasteiger partial charge in [0.15, 0.2) is 0 Å². The van der Waals surface area contributed by atoms with Crippen molar-refractivity contribution >= 4 is 5.91 Å². The Kier molecular flexibility index (Phi) is 5.05. The number of aromatic nitrogens is 2. The Balaban J connectivity index is 1.52. The lowest BCUT2D eigenvalue weighted by molar-refractivity contribution is -0.130. The minimum atomic E-state index is -0.523. The number of hydrogen-bond acceptors (Lipinski definition) is 5. The maximum atomic E-state index is 12.4. The Morgan fingerprint density at radius 2 is 2.00 bits per heavy atom. The number of benzene rings is 1. The van der Waals surface area contributed by atoms with Crippen LogP contribution in [0.2, 0.25) is 0 Å².